The van der Waals surface area contributed by atoms with E-state index >= 15 is 0 Å². The van der Waals surface area contributed by atoms with Gasteiger partial charge in [0.15, 0.2) is 0 Å². The molecule has 1 aromatic heterocycles. The summed E-state index contributed by atoms with van der Waals surface area (Å²) in [5, 5.41) is 4.09. The number of benzene rings is 2. The van der Waals surface area contributed by atoms with Gasteiger partial charge in [0.05, 0.1) is 5.52 Å². The van der Waals surface area contributed by atoms with Crippen LogP contribution in [0.4, 0.5) is 0 Å². The number of hydrogen-bond acceptors (Lipinski definition) is 2. The van der Waals surface area contributed by atoms with E-state index in [0.29, 0.717) is 23.0 Å². The summed E-state index contributed by atoms with van der Waals surface area (Å²) in [6, 6.07) is 13.4. The molecular weight excluding hydrogens is 463 g/mol. The van der Waals surface area contributed by atoms with E-state index in [1.165, 1.54) is 0 Å². The van der Waals surface area contributed by atoms with Gasteiger partial charge in [-0.05, 0) is 71.3 Å². The lowest BCUT2D eigenvalue weighted by molar-refractivity contribution is 0.0949. The molecule has 132 valence electrons. The maximum Gasteiger partial charge on any atom is 0.257 e. The van der Waals surface area contributed by atoms with E-state index in [2.05, 4.69) is 32.5 Å². The molecule has 6 heteroatoms. The Balaban J connectivity index is 1.68. The highest BCUT2D eigenvalue weighted by atomic mass is 127. The third-order valence-electron chi connectivity index (χ3n) is 4.55. The van der Waals surface area contributed by atoms with Crippen molar-refractivity contribution in [3.8, 4) is 0 Å². The predicted octanol–water partition coefficient (Wildman–Crippen LogP) is 4.52. The van der Waals surface area contributed by atoms with E-state index < -0.39 is 0 Å². The van der Waals surface area contributed by atoms with E-state index in [0.717, 1.165) is 27.5 Å². The summed E-state index contributed by atoms with van der Waals surface area (Å²) >= 11 is 8.07. The first-order valence-corrected chi connectivity index (χ1v) is 9.85. The molecule has 2 aromatic carbocycles. The van der Waals surface area contributed by atoms with Crippen LogP contribution in [0.3, 0.4) is 0 Å². The highest BCUT2D eigenvalue weighted by Crippen LogP contribution is 2.37. The van der Waals surface area contributed by atoms with Gasteiger partial charge in [0.1, 0.15) is 5.56 Å². The Hall–Kier alpha value is -1.86. The number of carbonyl (C=O) groups excluding carboxylic acids is 1. The zero-order valence-electron chi connectivity index (χ0n) is 13.8. The van der Waals surface area contributed by atoms with Crippen LogP contribution in [0, 0.1) is 3.57 Å². The first-order chi connectivity index (χ1) is 12.5. The molecule has 4 rings (SSSR count). The van der Waals surface area contributed by atoms with Gasteiger partial charge in [0.2, 0.25) is 5.43 Å². The molecule has 0 atom stereocenters. The van der Waals surface area contributed by atoms with Crippen LogP contribution in [0.5, 0.6) is 0 Å². The largest absolute Gasteiger partial charge is 0.348 e. The monoisotopic (exact) mass is 478 g/mol. The lowest BCUT2D eigenvalue weighted by atomic mass is 10.1. The molecule has 0 radical (unpaired) electrons. The number of nitrogens with zero attached hydrogens (tertiary/aromatic N) is 1. The Bertz CT molecular complexity index is 1060. The van der Waals surface area contributed by atoms with E-state index in [1.54, 1.807) is 18.3 Å². The van der Waals surface area contributed by atoms with Crippen molar-refractivity contribution in [3.63, 3.8) is 0 Å². The lowest BCUT2D eigenvalue weighted by Gasteiger charge is -2.13. The molecule has 1 heterocycles. The van der Waals surface area contributed by atoms with E-state index in [4.69, 9.17) is 11.6 Å². The van der Waals surface area contributed by atoms with Crippen LogP contribution >= 0.6 is 34.2 Å². The van der Waals surface area contributed by atoms with Crippen molar-refractivity contribution >= 4 is 51.0 Å². The van der Waals surface area contributed by atoms with Crippen molar-refractivity contribution in [2.75, 3.05) is 0 Å². The smallest absolute Gasteiger partial charge is 0.257 e. The number of amides is 1. The van der Waals surface area contributed by atoms with Crippen molar-refractivity contribution in [1.82, 2.24) is 9.88 Å². The highest BCUT2D eigenvalue weighted by Gasteiger charge is 2.26. The highest BCUT2D eigenvalue weighted by molar-refractivity contribution is 14.1. The van der Waals surface area contributed by atoms with Gasteiger partial charge in [-0.1, -0.05) is 23.7 Å². The molecule has 0 saturated heterocycles. The number of aromatic nitrogens is 1. The molecule has 1 amide bonds. The second-order valence-corrected chi connectivity index (χ2v) is 8.16. The van der Waals surface area contributed by atoms with E-state index in [1.807, 2.05) is 30.3 Å². The van der Waals surface area contributed by atoms with Crippen LogP contribution in [-0.2, 0) is 6.54 Å². The topological polar surface area (TPSA) is 51.1 Å². The molecule has 0 unspecified atom stereocenters. The fraction of sp³-hybridized carbons (Fsp3) is 0.200. The number of halogens is 2. The zero-order valence-corrected chi connectivity index (χ0v) is 16.8. The number of nitrogens with one attached hydrogen (secondary N) is 1. The summed E-state index contributed by atoms with van der Waals surface area (Å²) in [7, 11) is 0. The van der Waals surface area contributed by atoms with Gasteiger partial charge >= 0.3 is 0 Å². The molecule has 1 aliphatic rings. The van der Waals surface area contributed by atoms with Gasteiger partial charge in [-0.3, -0.25) is 9.59 Å². The molecule has 4 nitrogen and oxygen atoms in total. The van der Waals surface area contributed by atoms with Gasteiger partial charge < -0.3 is 9.88 Å². The molecule has 1 aliphatic carbocycles. The van der Waals surface area contributed by atoms with Gasteiger partial charge in [-0.25, -0.2) is 0 Å². The number of fused-ring (bicyclic) bond motifs is 1. The summed E-state index contributed by atoms with van der Waals surface area (Å²) in [5.74, 6) is -0.347. The average molecular weight is 479 g/mol. The van der Waals surface area contributed by atoms with Crippen molar-refractivity contribution in [2.24, 2.45) is 0 Å². The zero-order chi connectivity index (χ0) is 18.3. The SMILES string of the molecule is O=C(NCc1ccc(Cl)cc1)c1cn(C2CC2)c2ccc(I)cc2c1=O. The summed E-state index contributed by atoms with van der Waals surface area (Å²) in [6.07, 6.45) is 3.87. The third kappa shape index (κ3) is 3.50. The lowest BCUT2D eigenvalue weighted by Crippen LogP contribution is -2.29. The Morgan fingerprint density at radius 2 is 1.92 bits per heavy atom. The second-order valence-electron chi connectivity index (χ2n) is 6.48. The number of carbonyl (C=O) groups is 1. The summed E-state index contributed by atoms with van der Waals surface area (Å²) in [4.78, 5) is 25.6. The molecule has 0 bridgehead atoms. The normalized spacial score (nSPS) is 13.8. The maximum atomic E-state index is 12.9. The Morgan fingerprint density at radius 3 is 2.62 bits per heavy atom. The van der Waals surface area contributed by atoms with Gasteiger partial charge in [-0.2, -0.15) is 0 Å². The standard InChI is InChI=1S/C20H16ClIN2O2/c21-13-3-1-12(2-4-13)10-23-20(26)17-11-24(15-6-7-15)18-8-5-14(22)9-16(18)19(17)25/h1-5,8-9,11,15H,6-7,10H2,(H,23,26). The van der Waals surface area contributed by atoms with Crippen molar-refractivity contribution < 1.29 is 4.79 Å². The third-order valence-corrected chi connectivity index (χ3v) is 5.47. The van der Waals surface area contributed by atoms with Crippen LogP contribution < -0.4 is 10.7 Å². The van der Waals surface area contributed by atoms with Crippen LogP contribution in [0.15, 0.2) is 53.5 Å². The summed E-state index contributed by atoms with van der Waals surface area (Å²) < 4.78 is 3.05. The number of hydrogen-bond donors (Lipinski definition) is 1. The molecule has 3 aromatic rings. The van der Waals surface area contributed by atoms with Crippen LogP contribution in [0.2, 0.25) is 5.02 Å². The minimum atomic E-state index is -0.347. The number of pyridine rings is 1. The Morgan fingerprint density at radius 1 is 1.19 bits per heavy atom. The van der Waals surface area contributed by atoms with Gasteiger partial charge in [0.25, 0.3) is 5.91 Å². The Kier molecular flexibility index (Phi) is 4.75. The fourth-order valence-electron chi connectivity index (χ4n) is 3.02. The molecule has 1 saturated carbocycles. The number of rotatable bonds is 4. The van der Waals surface area contributed by atoms with Gasteiger partial charge in [0, 0.05) is 32.8 Å². The quantitative estimate of drug-likeness (QED) is 0.561. The molecule has 0 aliphatic heterocycles. The van der Waals surface area contributed by atoms with Crippen molar-refractivity contribution in [1.29, 1.82) is 0 Å². The maximum absolute atomic E-state index is 12.9. The second kappa shape index (κ2) is 7.04. The molecule has 0 spiro atoms. The van der Waals surface area contributed by atoms with Crippen molar-refractivity contribution in [2.45, 2.75) is 25.4 Å². The van der Waals surface area contributed by atoms with Crippen molar-refractivity contribution in [3.05, 3.63) is 78.6 Å². The molecule has 26 heavy (non-hydrogen) atoms. The molecule has 1 fully saturated rings. The van der Waals surface area contributed by atoms with Gasteiger partial charge in [-0.15, -0.1) is 0 Å². The minimum Gasteiger partial charge on any atom is -0.348 e. The minimum absolute atomic E-state index is 0.195. The van der Waals surface area contributed by atoms with Crippen LogP contribution in [0.25, 0.3) is 10.9 Å². The fourth-order valence-corrected chi connectivity index (χ4v) is 3.64. The first-order valence-electron chi connectivity index (χ1n) is 8.40. The Labute approximate surface area is 169 Å². The van der Waals surface area contributed by atoms with E-state index in [9.17, 15) is 9.59 Å². The molecular formula is C20H16ClIN2O2. The van der Waals surface area contributed by atoms with E-state index in [-0.39, 0.29) is 16.9 Å². The summed E-state index contributed by atoms with van der Waals surface area (Å²) in [6.45, 7) is 0.350. The first kappa shape index (κ1) is 17.5. The molecule has 1 N–H and O–H groups in total. The van der Waals surface area contributed by atoms with Crippen LogP contribution in [0.1, 0.15) is 34.8 Å². The predicted molar refractivity (Wildman–Crippen MR) is 112 cm³/mol. The van der Waals surface area contributed by atoms with Crippen LogP contribution in [-0.4, -0.2) is 10.5 Å². The average Bonchev–Trinajstić information content (AvgIpc) is 3.47. The summed E-state index contributed by atoms with van der Waals surface area (Å²) in [5.41, 5.74) is 1.80.